The third kappa shape index (κ3) is 8.84. The number of H-pyrrole nitrogens is 1. The zero-order chi connectivity index (χ0) is 42.0. The van der Waals surface area contributed by atoms with E-state index in [4.69, 9.17) is 4.98 Å². The third-order valence-electron chi connectivity index (χ3n) is 12.7. The number of benzene rings is 2. The molecule has 0 aliphatic carbocycles. The van der Waals surface area contributed by atoms with Crippen LogP contribution in [0.15, 0.2) is 36.4 Å². The number of aromatic nitrogens is 3. The molecule has 4 aromatic rings. The maximum absolute atomic E-state index is 14.8. The van der Waals surface area contributed by atoms with Gasteiger partial charge in [-0.3, -0.25) is 19.2 Å². The highest BCUT2D eigenvalue weighted by molar-refractivity contribution is 5.93. The van der Waals surface area contributed by atoms with E-state index in [9.17, 15) is 28.0 Å². The molecule has 314 valence electrons. The van der Waals surface area contributed by atoms with Gasteiger partial charge >= 0.3 is 0 Å². The Morgan fingerprint density at radius 1 is 0.879 bits per heavy atom. The van der Waals surface area contributed by atoms with Crippen LogP contribution in [0, 0.1) is 35.3 Å². The number of likely N-dealkylation sites (N-methyl/N-ethyl adjacent to an activating group) is 1. The highest BCUT2D eigenvalue weighted by Crippen LogP contribution is 2.37. The lowest BCUT2D eigenvalue weighted by molar-refractivity contribution is -0.140. The maximum Gasteiger partial charge on any atom is 0.245 e. The van der Waals surface area contributed by atoms with Crippen LogP contribution in [0.5, 0.6) is 0 Å². The number of fused-ring (bicyclic) bond motifs is 2. The van der Waals surface area contributed by atoms with Crippen molar-refractivity contribution < 1.29 is 28.0 Å². The standard InChI is InChI=1S/C45H61F2N7O4/c1-9-27(6)43(56)51-40(26(4)5)45(58)53-19-11-13-32(53)24-54-38-17-15-30(47)21-37(38)50-42(54)41-35(33-16-14-29(46)20-36(33)49-41)22-31-12-10-18-52(31)44(57)34(25(2)3)23-39(55)28(7)48-8/h14-17,20-21,25-28,31-32,34,40,48-49H,9-13,18-19,22-24H2,1-8H3,(H,51,56)/t27-,28+,31+,32+,34+,40?/m1/s1. The highest BCUT2D eigenvalue weighted by atomic mass is 19.1. The minimum Gasteiger partial charge on any atom is -0.352 e. The Hall–Kier alpha value is -4.65. The number of carbonyl (C=O) groups excluding carboxylic acids is 4. The van der Waals surface area contributed by atoms with Crippen molar-refractivity contribution in [3.63, 3.8) is 0 Å². The summed E-state index contributed by atoms with van der Waals surface area (Å²) in [5.41, 5.74) is 3.22. The van der Waals surface area contributed by atoms with Crippen molar-refractivity contribution in [1.82, 2.24) is 35.0 Å². The molecule has 4 heterocycles. The Bertz CT molecular complexity index is 1990. The fourth-order valence-electron chi connectivity index (χ4n) is 8.76. The Kier molecular flexibility index (Phi) is 13.4. The van der Waals surface area contributed by atoms with Crippen LogP contribution in [0.2, 0.25) is 0 Å². The summed E-state index contributed by atoms with van der Waals surface area (Å²) in [6, 6.07) is 7.69. The number of hydrogen-bond donors (Lipinski definition) is 3. The Morgan fingerprint density at radius 3 is 2.19 bits per heavy atom. The van der Waals surface area contributed by atoms with Gasteiger partial charge in [-0.15, -0.1) is 0 Å². The number of hydrogen-bond acceptors (Lipinski definition) is 6. The molecule has 2 aromatic carbocycles. The van der Waals surface area contributed by atoms with Crippen molar-refractivity contribution in [2.24, 2.45) is 23.7 Å². The van der Waals surface area contributed by atoms with Gasteiger partial charge in [0.15, 0.2) is 5.82 Å². The summed E-state index contributed by atoms with van der Waals surface area (Å²) < 4.78 is 31.6. The second-order valence-corrected chi connectivity index (χ2v) is 17.3. The van der Waals surface area contributed by atoms with Crippen LogP contribution in [0.25, 0.3) is 33.5 Å². The average Bonchev–Trinajstić information content (AvgIpc) is 4.00. The number of ketones is 1. The molecule has 6 rings (SSSR count). The molecule has 0 radical (unpaired) electrons. The van der Waals surface area contributed by atoms with E-state index in [2.05, 4.69) is 15.6 Å². The fraction of sp³-hybridized carbons (Fsp3) is 0.578. The second-order valence-electron chi connectivity index (χ2n) is 17.3. The molecule has 0 bridgehead atoms. The first-order chi connectivity index (χ1) is 27.6. The number of nitrogens with one attached hydrogen (secondary N) is 3. The lowest BCUT2D eigenvalue weighted by atomic mass is 9.87. The van der Waals surface area contributed by atoms with Gasteiger partial charge < -0.3 is 30.0 Å². The third-order valence-corrected chi connectivity index (χ3v) is 12.7. The molecule has 2 aliphatic heterocycles. The summed E-state index contributed by atoms with van der Waals surface area (Å²) in [6.07, 6.45) is 4.37. The summed E-state index contributed by atoms with van der Waals surface area (Å²) in [6.45, 7) is 14.9. The first-order valence-electron chi connectivity index (χ1n) is 21.2. The summed E-state index contributed by atoms with van der Waals surface area (Å²) in [7, 11) is 1.74. The van der Waals surface area contributed by atoms with Gasteiger partial charge in [0.2, 0.25) is 17.7 Å². The molecule has 1 unspecified atom stereocenters. The van der Waals surface area contributed by atoms with Crippen molar-refractivity contribution in [3.8, 4) is 11.5 Å². The number of nitrogens with zero attached hydrogens (tertiary/aromatic N) is 4. The average molecular weight is 802 g/mol. The SMILES string of the molecule is CC[C@@H](C)C(=O)NC(C(=O)N1CCC[C@H]1Cn1c(-c2[nH]c3cc(F)ccc3c2C[C@@H]2CCCN2C(=O)[C@@H](CC(=O)[C@H](C)NC)C(C)C)nc2cc(F)ccc21)C(C)C. The first-order valence-corrected chi connectivity index (χ1v) is 21.2. The number of Topliss-reactive ketones (excluding diaryl/α,β-unsaturated/α-hetero) is 1. The van der Waals surface area contributed by atoms with Gasteiger partial charge in [0.05, 0.1) is 22.8 Å². The van der Waals surface area contributed by atoms with E-state index in [1.165, 1.54) is 24.3 Å². The minimum atomic E-state index is -0.678. The summed E-state index contributed by atoms with van der Waals surface area (Å²) in [4.78, 5) is 66.9. The highest BCUT2D eigenvalue weighted by Gasteiger charge is 2.39. The fourth-order valence-corrected chi connectivity index (χ4v) is 8.76. The van der Waals surface area contributed by atoms with Crippen molar-refractivity contribution in [3.05, 3.63) is 53.6 Å². The predicted octanol–water partition coefficient (Wildman–Crippen LogP) is 7.01. The second kappa shape index (κ2) is 18.1. The van der Waals surface area contributed by atoms with Gasteiger partial charge in [-0.05, 0) is 100 Å². The van der Waals surface area contributed by atoms with Crippen molar-refractivity contribution in [2.45, 2.75) is 124 Å². The van der Waals surface area contributed by atoms with E-state index >= 15 is 0 Å². The largest absolute Gasteiger partial charge is 0.352 e. The number of imidazole rings is 1. The van der Waals surface area contributed by atoms with E-state index in [1.54, 1.807) is 19.2 Å². The number of amides is 3. The summed E-state index contributed by atoms with van der Waals surface area (Å²) in [5, 5.41) is 6.82. The Morgan fingerprint density at radius 2 is 1.53 bits per heavy atom. The Balaban J connectivity index is 1.38. The zero-order valence-corrected chi connectivity index (χ0v) is 35.3. The number of likely N-dealkylation sites (tertiary alicyclic amines) is 2. The quantitative estimate of drug-likeness (QED) is 0.112. The molecule has 0 saturated carbocycles. The van der Waals surface area contributed by atoms with E-state index in [0.29, 0.717) is 60.5 Å². The number of aromatic amines is 1. The zero-order valence-electron chi connectivity index (χ0n) is 35.3. The molecule has 58 heavy (non-hydrogen) atoms. The van der Waals surface area contributed by atoms with E-state index in [1.807, 2.05) is 62.8 Å². The molecule has 3 N–H and O–H groups in total. The lowest BCUT2D eigenvalue weighted by Gasteiger charge is -2.32. The molecule has 2 saturated heterocycles. The van der Waals surface area contributed by atoms with Crippen LogP contribution in [0.1, 0.15) is 92.6 Å². The number of rotatable bonds is 16. The van der Waals surface area contributed by atoms with Crippen LogP contribution in [0.4, 0.5) is 8.78 Å². The van der Waals surface area contributed by atoms with Crippen LogP contribution in [-0.2, 0) is 32.1 Å². The molecular formula is C45H61F2N7O4. The van der Waals surface area contributed by atoms with Gasteiger partial charge in [0.25, 0.3) is 0 Å². The predicted molar refractivity (Wildman–Crippen MR) is 223 cm³/mol. The molecule has 11 nitrogen and oxygen atoms in total. The van der Waals surface area contributed by atoms with Crippen molar-refractivity contribution in [1.29, 1.82) is 0 Å². The summed E-state index contributed by atoms with van der Waals surface area (Å²) >= 11 is 0. The van der Waals surface area contributed by atoms with Crippen LogP contribution < -0.4 is 10.6 Å². The van der Waals surface area contributed by atoms with Crippen LogP contribution >= 0.6 is 0 Å². The molecular weight excluding hydrogens is 741 g/mol. The van der Waals surface area contributed by atoms with Crippen molar-refractivity contribution >= 4 is 45.4 Å². The van der Waals surface area contributed by atoms with Crippen molar-refractivity contribution in [2.75, 3.05) is 20.1 Å². The molecule has 2 fully saturated rings. The van der Waals surface area contributed by atoms with Gasteiger partial charge in [0.1, 0.15) is 23.5 Å². The van der Waals surface area contributed by atoms with Gasteiger partial charge in [0, 0.05) is 66.9 Å². The smallest absolute Gasteiger partial charge is 0.245 e. The van der Waals surface area contributed by atoms with Crippen LogP contribution in [0.3, 0.4) is 0 Å². The molecule has 13 heteroatoms. The maximum atomic E-state index is 14.8. The molecule has 2 aromatic heterocycles. The monoisotopic (exact) mass is 801 g/mol. The topological polar surface area (TPSA) is 132 Å². The van der Waals surface area contributed by atoms with Gasteiger partial charge in [-0.1, -0.05) is 41.5 Å². The van der Waals surface area contributed by atoms with E-state index in [-0.39, 0.29) is 65.8 Å². The first kappa shape index (κ1) is 42.9. The molecule has 3 amide bonds. The van der Waals surface area contributed by atoms with Gasteiger partial charge in [-0.2, -0.15) is 0 Å². The molecule has 6 atom stereocenters. The minimum absolute atomic E-state index is 0.000300. The summed E-state index contributed by atoms with van der Waals surface area (Å²) in [5.74, 6) is -1.45. The van der Waals surface area contributed by atoms with Crippen LogP contribution in [-0.4, -0.2) is 92.1 Å². The number of halogens is 2. The molecule has 0 spiro atoms. The van der Waals surface area contributed by atoms with E-state index in [0.717, 1.165) is 36.6 Å². The number of carbonyl (C=O) groups is 4. The van der Waals surface area contributed by atoms with E-state index < -0.39 is 23.6 Å². The molecule has 2 aliphatic rings. The lowest BCUT2D eigenvalue weighted by Crippen LogP contribution is -2.53. The normalized spacial score (nSPS) is 19.4. The Labute approximate surface area is 340 Å². The van der Waals surface area contributed by atoms with Gasteiger partial charge in [-0.25, -0.2) is 13.8 Å².